The molecule has 0 bridgehead atoms. The first-order chi connectivity index (χ1) is 7.13. The van der Waals surface area contributed by atoms with Crippen LogP contribution in [0.1, 0.15) is 13.8 Å². The Morgan fingerprint density at radius 2 is 2.33 bits per heavy atom. The van der Waals surface area contributed by atoms with Gasteiger partial charge in [0.2, 0.25) is 5.91 Å². The SMILES string of the molecule is CCOc1cccc(NC(=O)[C@H](C)N)c1. The van der Waals surface area contributed by atoms with Crippen molar-refractivity contribution in [2.75, 3.05) is 11.9 Å². The van der Waals surface area contributed by atoms with Gasteiger partial charge in [-0.05, 0) is 26.0 Å². The van der Waals surface area contributed by atoms with E-state index in [1.807, 2.05) is 19.1 Å². The van der Waals surface area contributed by atoms with Gasteiger partial charge in [0.25, 0.3) is 0 Å². The molecular weight excluding hydrogens is 192 g/mol. The summed E-state index contributed by atoms with van der Waals surface area (Å²) in [4.78, 5) is 11.3. The summed E-state index contributed by atoms with van der Waals surface area (Å²) in [5.41, 5.74) is 6.13. The molecule has 15 heavy (non-hydrogen) atoms. The average molecular weight is 208 g/mol. The molecule has 0 radical (unpaired) electrons. The molecule has 0 unspecified atom stereocenters. The fraction of sp³-hybridized carbons (Fsp3) is 0.364. The minimum absolute atomic E-state index is 0.205. The third kappa shape index (κ3) is 3.59. The maximum Gasteiger partial charge on any atom is 0.241 e. The highest BCUT2D eigenvalue weighted by Crippen LogP contribution is 2.17. The molecule has 0 aliphatic rings. The molecule has 82 valence electrons. The van der Waals surface area contributed by atoms with E-state index in [9.17, 15) is 4.79 Å². The van der Waals surface area contributed by atoms with Gasteiger partial charge in [-0.1, -0.05) is 6.07 Å². The van der Waals surface area contributed by atoms with Crippen molar-refractivity contribution in [3.63, 3.8) is 0 Å². The van der Waals surface area contributed by atoms with Gasteiger partial charge in [0, 0.05) is 11.8 Å². The Hall–Kier alpha value is -1.55. The average Bonchev–Trinajstić information content (AvgIpc) is 2.18. The highest BCUT2D eigenvalue weighted by Gasteiger charge is 2.07. The smallest absolute Gasteiger partial charge is 0.241 e. The molecule has 1 amide bonds. The standard InChI is InChI=1S/C11H16N2O2/c1-3-15-10-6-4-5-9(7-10)13-11(14)8(2)12/h4-8H,3,12H2,1-2H3,(H,13,14)/t8-/m0/s1. The van der Waals surface area contributed by atoms with Gasteiger partial charge in [0.1, 0.15) is 5.75 Å². The molecule has 4 heteroatoms. The van der Waals surface area contributed by atoms with E-state index in [0.717, 1.165) is 5.75 Å². The van der Waals surface area contributed by atoms with Crippen LogP contribution in [0, 0.1) is 0 Å². The molecule has 0 aromatic heterocycles. The van der Waals surface area contributed by atoms with Gasteiger partial charge in [0.05, 0.1) is 12.6 Å². The predicted octanol–water partition coefficient (Wildman–Crippen LogP) is 1.37. The highest BCUT2D eigenvalue weighted by molar-refractivity contribution is 5.94. The Balaban J connectivity index is 2.69. The van der Waals surface area contributed by atoms with E-state index in [-0.39, 0.29) is 5.91 Å². The number of anilines is 1. The molecule has 1 atom stereocenters. The fourth-order valence-corrected chi connectivity index (χ4v) is 1.09. The topological polar surface area (TPSA) is 64.3 Å². The molecule has 0 saturated carbocycles. The van der Waals surface area contributed by atoms with Gasteiger partial charge in [-0.25, -0.2) is 0 Å². The highest BCUT2D eigenvalue weighted by atomic mass is 16.5. The molecule has 1 aromatic carbocycles. The Morgan fingerprint density at radius 3 is 2.93 bits per heavy atom. The van der Waals surface area contributed by atoms with Gasteiger partial charge in [-0.3, -0.25) is 4.79 Å². The summed E-state index contributed by atoms with van der Waals surface area (Å²) in [7, 11) is 0. The van der Waals surface area contributed by atoms with Crippen molar-refractivity contribution >= 4 is 11.6 Å². The van der Waals surface area contributed by atoms with Crippen molar-refractivity contribution < 1.29 is 9.53 Å². The van der Waals surface area contributed by atoms with Crippen molar-refractivity contribution in [3.05, 3.63) is 24.3 Å². The van der Waals surface area contributed by atoms with Crippen LogP contribution < -0.4 is 15.8 Å². The summed E-state index contributed by atoms with van der Waals surface area (Å²) in [6.45, 7) is 4.15. The van der Waals surface area contributed by atoms with Crippen LogP contribution in [0.3, 0.4) is 0 Å². The number of hydrogen-bond acceptors (Lipinski definition) is 3. The maximum atomic E-state index is 11.3. The van der Waals surface area contributed by atoms with Crippen molar-refractivity contribution in [3.8, 4) is 5.75 Å². The van der Waals surface area contributed by atoms with Crippen LogP contribution in [0.4, 0.5) is 5.69 Å². The van der Waals surface area contributed by atoms with E-state index in [2.05, 4.69) is 5.32 Å². The molecule has 0 heterocycles. The molecule has 0 saturated heterocycles. The van der Waals surface area contributed by atoms with Crippen LogP contribution in [0.5, 0.6) is 5.75 Å². The van der Waals surface area contributed by atoms with Gasteiger partial charge in [-0.15, -0.1) is 0 Å². The first-order valence-corrected chi connectivity index (χ1v) is 4.92. The lowest BCUT2D eigenvalue weighted by molar-refractivity contribution is -0.117. The number of hydrogen-bond donors (Lipinski definition) is 2. The summed E-state index contributed by atoms with van der Waals surface area (Å²) in [6, 6.07) is 6.71. The number of carbonyl (C=O) groups is 1. The van der Waals surface area contributed by atoms with Gasteiger partial charge >= 0.3 is 0 Å². The van der Waals surface area contributed by atoms with E-state index in [1.165, 1.54) is 0 Å². The molecule has 0 spiro atoms. The van der Waals surface area contributed by atoms with Gasteiger partial charge in [-0.2, -0.15) is 0 Å². The molecule has 0 aliphatic heterocycles. The third-order valence-electron chi connectivity index (χ3n) is 1.83. The minimum atomic E-state index is -0.513. The van der Waals surface area contributed by atoms with E-state index in [4.69, 9.17) is 10.5 Å². The van der Waals surface area contributed by atoms with E-state index in [1.54, 1.807) is 19.1 Å². The quantitative estimate of drug-likeness (QED) is 0.785. The summed E-state index contributed by atoms with van der Waals surface area (Å²) >= 11 is 0. The first-order valence-electron chi connectivity index (χ1n) is 4.92. The number of carbonyl (C=O) groups excluding carboxylic acids is 1. The summed E-state index contributed by atoms with van der Waals surface area (Å²) in [6.07, 6.45) is 0. The number of amides is 1. The first kappa shape index (κ1) is 11.5. The Bertz CT molecular complexity index is 337. The number of nitrogens with one attached hydrogen (secondary N) is 1. The number of nitrogens with two attached hydrogens (primary N) is 1. The lowest BCUT2D eigenvalue weighted by Gasteiger charge is -2.09. The molecule has 0 fully saturated rings. The van der Waals surface area contributed by atoms with Crippen LogP contribution in [-0.4, -0.2) is 18.6 Å². The van der Waals surface area contributed by atoms with Crippen LogP contribution in [-0.2, 0) is 4.79 Å². The molecule has 3 N–H and O–H groups in total. The molecule has 1 aromatic rings. The zero-order valence-corrected chi connectivity index (χ0v) is 8.99. The third-order valence-corrected chi connectivity index (χ3v) is 1.83. The minimum Gasteiger partial charge on any atom is -0.494 e. The van der Waals surface area contributed by atoms with E-state index >= 15 is 0 Å². The predicted molar refractivity (Wildman–Crippen MR) is 59.9 cm³/mol. The van der Waals surface area contributed by atoms with Crippen molar-refractivity contribution in [1.29, 1.82) is 0 Å². The van der Waals surface area contributed by atoms with Crippen LogP contribution in [0.25, 0.3) is 0 Å². The fourth-order valence-electron chi connectivity index (χ4n) is 1.09. The molecule has 1 rings (SSSR count). The van der Waals surface area contributed by atoms with E-state index in [0.29, 0.717) is 12.3 Å². The zero-order chi connectivity index (χ0) is 11.3. The maximum absolute atomic E-state index is 11.3. The van der Waals surface area contributed by atoms with Crippen molar-refractivity contribution in [2.45, 2.75) is 19.9 Å². The largest absolute Gasteiger partial charge is 0.494 e. The summed E-state index contributed by atoms with van der Waals surface area (Å²) < 4.78 is 5.31. The second-order valence-corrected chi connectivity index (χ2v) is 3.24. The second-order valence-electron chi connectivity index (χ2n) is 3.24. The van der Waals surface area contributed by atoms with Crippen molar-refractivity contribution in [1.82, 2.24) is 0 Å². The number of benzene rings is 1. The van der Waals surface area contributed by atoms with Gasteiger partial charge in [0.15, 0.2) is 0 Å². The Labute approximate surface area is 89.4 Å². The number of rotatable bonds is 4. The van der Waals surface area contributed by atoms with Crippen LogP contribution in [0.2, 0.25) is 0 Å². The van der Waals surface area contributed by atoms with E-state index < -0.39 is 6.04 Å². The molecule has 4 nitrogen and oxygen atoms in total. The van der Waals surface area contributed by atoms with Crippen LogP contribution >= 0.6 is 0 Å². The lowest BCUT2D eigenvalue weighted by Crippen LogP contribution is -2.32. The Morgan fingerprint density at radius 1 is 1.60 bits per heavy atom. The Kier molecular flexibility index (Phi) is 4.12. The van der Waals surface area contributed by atoms with Crippen molar-refractivity contribution in [2.24, 2.45) is 5.73 Å². The normalized spacial score (nSPS) is 11.9. The second kappa shape index (κ2) is 5.36. The molecular formula is C11H16N2O2. The summed E-state index contributed by atoms with van der Waals surface area (Å²) in [5.74, 6) is 0.531. The monoisotopic (exact) mass is 208 g/mol. The van der Waals surface area contributed by atoms with Crippen LogP contribution in [0.15, 0.2) is 24.3 Å². The zero-order valence-electron chi connectivity index (χ0n) is 8.99. The van der Waals surface area contributed by atoms with Gasteiger partial charge < -0.3 is 15.8 Å². The molecule has 0 aliphatic carbocycles. The summed E-state index contributed by atoms with van der Waals surface area (Å²) in [5, 5.41) is 2.70. The lowest BCUT2D eigenvalue weighted by atomic mass is 10.2. The number of ether oxygens (including phenoxy) is 1.